The highest BCUT2D eigenvalue weighted by molar-refractivity contribution is 5.95. The molecule has 0 radical (unpaired) electrons. The molecule has 1 heterocycles. The number of β-amino-alcohol motifs (C(OH)–C–C–N with tert-alkyl or cyclic N) is 1. The van der Waals surface area contributed by atoms with Crippen LogP contribution in [0.4, 0.5) is 0 Å². The van der Waals surface area contributed by atoms with E-state index in [2.05, 4.69) is 10.6 Å². The molecule has 1 amide bonds. The first kappa shape index (κ1) is 17.6. The second-order valence-electron chi connectivity index (χ2n) is 6.62. The predicted octanol–water partition coefficient (Wildman–Crippen LogP) is 1.69. The van der Waals surface area contributed by atoms with Crippen molar-refractivity contribution in [2.24, 2.45) is 0 Å². The third-order valence-corrected chi connectivity index (χ3v) is 4.62. The smallest absolute Gasteiger partial charge is 0.251 e. The van der Waals surface area contributed by atoms with Gasteiger partial charge >= 0.3 is 0 Å². The van der Waals surface area contributed by atoms with Crippen molar-refractivity contribution < 1.29 is 15.0 Å². The third kappa shape index (κ3) is 4.45. The Kier molecular flexibility index (Phi) is 5.48. The van der Waals surface area contributed by atoms with Gasteiger partial charge in [0.05, 0.1) is 12.2 Å². The van der Waals surface area contributed by atoms with Gasteiger partial charge in [-0.25, -0.2) is 0 Å². The molecule has 4 N–H and O–H groups in total. The Bertz CT molecular complexity index is 722. The van der Waals surface area contributed by atoms with Gasteiger partial charge in [-0.15, -0.1) is 0 Å². The van der Waals surface area contributed by atoms with Crippen LogP contribution in [0, 0.1) is 0 Å². The van der Waals surface area contributed by atoms with Gasteiger partial charge in [-0.2, -0.15) is 0 Å². The molecule has 1 aliphatic heterocycles. The highest BCUT2D eigenvalue weighted by Crippen LogP contribution is 2.21. The fourth-order valence-corrected chi connectivity index (χ4v) is 3.09. The number of amides is 1. The summed E-state index contributed by atoms with van der Waals surface area (Å²) < 4.78 is 0. The minimum atomic E-state index is -0.869. The van der Waals surface area contributed by atoms with Crippen LogP contribution in [0.5, 0.6) is 0 Å². The maximum Gasteiger partial charge on any atom is 0.251 e. The molecule has 5 nitrogen and oxygen atoms in total. The Hall–Kier alpha value is -2.21. The Balaban J connectivity index is 1.68. The first-order chi connectivity index (χ1) is 12.1. The topological polar surface area (TPSA) is 81.6 Å². The predicted molar refractivity (Wildman–Crippen MR) is 97.2 cm³/mol. The van der Waals surface area contributed by atoms with Crippen LogP contribution in [0.1, 0.15) is 28.8 Å². The zero-order valence-corrected chi connectivity index (χ0v) is 14.2. The first-order valence-electron chi connectivity index (χ1n) is 8.61. The van der Waals surface area contributed by atoms with E-state index in [1.54, 1.807) is 6.07 Å². The summed E-state index contributed by atoms with van der Waals surface area (Å²) in [6.45, 7) is 1.67. The summed E-state index contributed by atoms with van der Waals surface area (Å²) in [5, 5.41) is 25.6. The molecule has 0 unspecified atom stereocenters. The second-order valence-corrected chi connectivity index (χ2v) is 6.62. The van der Waals surface area contributed by atoms with Crippen LogP contribution in [0.2, 0.25) is 0 Å². The lowest BCUT2D eigenvalue weighted by Gasteiger charge is -2.32. The minimum Gasteiger partial charge on any atom is -0.392 e. The van der Waals surface area contributed by atoms with Crippen molar-refractivity contribution in [2.75, 3.05) is 19.6 Å². The fraction of sp³-hybridized carbons (Fsp3) is 0.350. The number of rotatable bonds is 5. The van der Waals surface area contributed by atoms with Crippen LogP contribution in [0.3, 0.4) is 0 Å². The van der Waals surface area contributed by atoms with Gasteiger partial charge in [0, 0.05) is 18.7 Å². The maximum absolute atomic E-state index is 12.4. The van der Waals surface area contributed by atoms with Crippen LogP contribution in [0.15, 0.2) is 48.5 Å². The monoisotopic (exact) mass is 340 g/mol. The van der Waals surface area contributed by atoms with Crippen molar-refractivity contribution >= 4 is 5.91 Å². The van der Waals surface area contributed by atoms with Crippen LogP contribution in [0.25, 0.3) is 11.1 Å². The number of hydrogen-bond acceptors (Lipinski definition) is 4. The Labute approximate surface area is 147 Å². The molecule has 2 aromatic rings. The Morgan fingerprint density at radius 1 is 1.16 bits per heavy atom. The average molecular weight is 340 g/mol. The molecule has 3 rings (SSSR count). The molecular formula is C20H24N2O3. The highest BCUT2D eigenvalue weighted by atomic mass is 16.3. The van der Waals surface area contributed by atoms with Crippen LogP contribution in [-0.4, -0.2) is 41.4 Å². The highest BCUT2D eigenvalue weighted by Gasteiger charge is 2.29. The van der Waals surface area contributed by atoms with Crippen molar-refractivity contribution in [3.8, 4) is 11.1 Å². The number of benzene rings is 2. The lowest BCUT2D eigenvalue weighted by atomic mass is 9.94. The van der Waals surface area contributed by atoms with E-state index in [0.29, 0.717) is 18.5 Å². The van der Waals surface area contributed by atoms with Gasteiger partial charge in [0.25, 0.3) is 5.91 Å². The molecular weight excluding hydrogens is 316 g/mol. The summed E-state index contributed by atoms with van der Waals surface area (Å²) in [6.07, 6.45) is 1.60. The number of carbonyl (C=O) groups is 1. The number of piperidine rings is 1. The number of hydrogen-bond donors (Lipinski definition) is 4. The minimum absolute atomic E-state index is 0.0144. The van der Waals surface area contributed by atoms with Crippen LogP contribution >= 0.6 is 0 Å². The fourth-order valence-electron chi connectivity index (χ4n) is 3.09. The standard InChI is InChI=1S/C20H24N2O3/c23-12-15-5-7-16(8-6-15)17-3-1-4-18(11-17)19(24)22-14-20(25)9-2-10-21-13-20/h1,3-8,11,21,23,25H,2,9-10,12-14H2,(H,22,24)/t20-/m1/s1. The maximum atomic E-state index is 12.4. The lowest BCUT2D eigenvalue weighted by molar-refractivity contribution is 0.0170. The third-order valence-electron chi connectivity index (χ3n) is 4.62. The Morgan fingerprint density at radius 3 is 2.64 bits per heavy atom. The van der Waals surface area contributed by atoms with Crippen LogP contribution in [-0.2, 0) is 6.61 Å². The van der Waals surface area contributed by atoms with Crippen molar-refractivity contribution in [2.45, 2.75) is 25.0 Å². The van der Waals surface area contributed by atoms with Gasteiger partial charge < -0.3 is 20.8 Å². The molecule has 0 aromatic heterocycles. The summed E-state index contributed by atoms with van der Waals surface area (Å²) in [6, 6.07) is 15.0. The summed E-state index contributed by atoms with van der Waals surface area (Å²) >= 11 is 0. The molecule has 1 aliphatic rings. The molecule has 0 bridgehead atoms. The van der Waals surface area contributed by atoms with E-state index in [0.717, 1.165) is 29.7 Å². The molecule has 25 heavy (non-hydrogen) atoms. The quantitative estimate of drug-likeness (QED) is 0.668. The van der Waals surface area contributed by atoms with Gasteiger partial charge in [-0.1, -0.05) is 36.4 Å². The lowest BCUT2D eigenvalue weighted by Crippen LogP contribution is -2.52. The first-order valence-corrected chi connectivity index (χ1v) is 8.61. The molecule has 1 saturated heterocycles. The average Bonchev–Trinajstić information content (AvgIpc) is 2.67. The van der Waals surface area contributed by atoms with Crippen molar-refractivity contribution in [1.29, 1.82) is 0 Å². The number of nitrogens with one attached hydrogen (secondary N) is 2. The largest absolute Gasteiger partial charge is 0.392 e. The Morgan fingerprint density at radius 2 is 1.96 bits per heavy atom. The van der Waals surface area contributed by atoms with Gasteiger partial charge in [-0.05, 0) is 48.2 Å². The summed E-state index contributed by atoms with van der Waals surface area (Å²) in [7, 11) is 0. The van der Waals surface area contributed by atoms with Gasteiger partial charge in [0.1, 0.15) is 0 Å². The summed E-state index contributed by atoms with van der Waals surface area (Å²) in [5.74, 6) is -0.187. The second kappa shape index (κ2) is 7.78. The number of carbonyl (C=O) groups excluding carboxylic acids is 1. The molecule has 0 spiro atoms. The SMILES string of the molecule is O=C(NC[C@@]1(O)CCCNC1)c1cccc(-c2ccc(CO)cc2)c1. The van der Waals surface area contributed by atoms with Crippen molar-refractivity contribution in [1.82, 2.24) is 10.6 Å². The van der Waals surface area contributed by atoms with E-state index in [4.69, 9.17) is 5.11 Å². The molecule has 2 aromatic carbocycles. The van der Waals surface area contributed by atoms with Crippen molar-refractivity contribution in [3.63, 3.8) is 0 Å². The van der Waals surface area contributed by atoms with E-state index in [-0.39, 0.29) is 19.1 Å². The van der Waals surface area contributed by atoms with E-state index >= 15 is 0 Å². The van der Waals surface area contributed by atoms with Crippen LogP contribution < -0.4 is 10.6 Å². The molecule has 0 saturated carbocycles. The number of aliphatic hydroxyl groups is 2. The summed E-state index contributed by atoms with van der Waals surface area (Å²) in [4.78, 5) is 12.4. The van der Waals surface area contributed by atoms with Gasteiger partial charge in [-0.3, -0.25) is 4.79 Å². The summed E-state index contributed by atoms with van der Waals surface area (Å²) in [5.41, 5.74) is 2.48. The van der Waals surface area contributed by atoms with Crippen molar-refractivity contribution in [3.05, 3.63) is 59.7 Å². The molecule has 5 heteroatoms. The van der Waals surface area contributed by atoms with Gasteiger partial charge in [0.2, 0.25) is 0 Å². The zero-order chi connectivity index (χ0) is 17.7. The van der Waals surface area contributed by atoms with E-state index in [1.165, 1.54) is 0 Å². The van der Waals surface area contributed by atoms with Gasteiger partial charge in [0.15, 0.2) is 0 Å². The molecule has 1 fully saturated rings. The van der Waals surface area contributed by atoms with E-state index in [1.807, 2.05) is 42.5 Å². The zero-order valence-electron chi connectivity index (χ0n) is 14.2. The number of aliphatic hydroxyl groups excluding tert-OH is 1. The molecule has 0 aliphatic carbocycles. The van der Waals surface area contributed by atoms with E-state index < -0.39 is 5.60 Å². The molecule has 132 valence electrons. The van der Waals surface area contributed by atoms with E-state index in [9.17, 15) is 9.90 Å². The molecule has 1 atom stereocenters. The normalized spacial score (nSPS) is 20.2.